The number of aromatic nitrogens is 5. The summed E-state index contributed by atoms with van der Waals surface area (Å²) < 4.78 is 6.12. The Morgan fingerprint density at radius 3 is 2.45 bits per heavy atom. The smallest absolute Gasteiger partial charge is 0.246 e. The summed E-state index contributed by atoms with van der Waals surface area (Å²) in [6.45, 7) is 0. The summed E-state index contributed by atoms with van der Waals surface area (Å²) in [5.74, 6) is 1.78. The van der Waals surface area contributed by atoms with E-state index < -0.39 is 0 Å². The van der Waals surface area contributed by atoms with E-state index in [2.05, 4.69) is 31.3 Å². The fourth-order valence-corrected chi connectivity index (χ4v) is 3.76. The highest BCUT2D eigenvalue weighted by molar-refractivity contribution is 5.94. The van der Waals surface area contributed by atoms with E-state index in [4.69, 9.17) is 4.74 Å². The number of aromatic amines is 1. The molecule has 0 atom stereocenters. The first-order chi connectivity index (χ1) is 16.3. The van der Waals surface area contributed by atoms with Crippen molar-refractivity contribution in [3.63, 3.8) is 0 Å². The summed E-state index contributed by atoms with van der Waals surface area (Å²) in [6, 6.07) is 25.4. The highest BCUT2D eigenvalue weighted by Gasteiger charge is 2.14. The topological polar surface area (TPSA) is 76.6 Å². The quantitative estimate of drug-likeness (QED) is 0.374. The first-order valence-corrected chi connectivity index (χ1v) is 10.5. The number of para-hydroxylation sites is 2. The Bertz CT molecular complexity index is 1540. The van der Waals surface area contributed by atoms with Gasteiger partial charge in [0.15, 0.2) is 0 Å². The van der Waals surface area contributed by atoms with Gasteiger partial charge in [0.2, 0.25) is 5.88 Å². The third-order valence-electron chi connectivity index (χ3n) is 5.29. The lowest BCUT2D eigenvalue weighted by Gasteiger charge is -2.11. The summed E-state index contributed by atoms with van der Waals surface area (Å²) in [5.41, 5.74) is 5.28. The van der Waals surface area contributed by atoms with Crippen molar-refractivity contribution in [2.45, 2.75) is 0 Å². The number of nitrogens with one attached hydrogen (secondary N) is 1. The molecule has 1 N–H and O–H groups in total. The number of imidazole rings is 1. The van der Waals surface area contributed by atoms with Crippen molar-refractivity contribution in [1.29, 1.82) is 0 Å². The van der Waals surface area contributed by atoms with Gasteiger partial charge in [-0.05, 0) is 42.0 Å². The lowest BCUT2D eigenvalue weighted by atomic mass is 10.1. The fraction of sp³-hybridized carbons (Fsp3) is 0. The van der Waals surface area contributed by atoms with Crippen LogP contribution in [0.3, 0.4) is 0 Å². The monoisotopic (exact) mass is 427 g/mol. The fourth-order valence-electron chi connectivity index (χ4n) is 3.76. The van der Waals surface area contributed by atoms with Crippen LogP contribution >= 0.6 is 0 Å². The molecular formula is C27H17N5O. The molecule has 3 heterocycles. The van der Waals surface area contributed by atoms with E-state index in [9.17, 15) is 0 Å². The number of ether oxygens (including phenoxy) is 1. The van der Waals surface area contributed by atoms with E-state index in [1.807, 2.05) is 78.9 Å². The molecule has 156 valence electrons. The number of nitrogens with zero attached hydrogens (tertiary/aromatic N) is 4. The van der Waals surface area contributed by atoms with Gasteiger partial charge < -0.3 is 9.72 Å². The van der Waals surface area contributed by atoms with Crippen molar-refractivity contribution in [3.8, 4) is 22.9 Å². The van der Waals surface area contributed by atoms with Crippen LogP contribution in [0, 0.1) is 6.42 Å². The van der Waals surface area contributed by atoms with Crippen molar-refractivity contribution in [3.05, 3.63) is 115 Å². The molecule has 0 bridgehead atoms. The van der Waals surface area contributed by atoms with Gasteiger partial charge in [0.25, 0.3) is 0 Å². The average Bonchev–Trinajstić information content (AvgIpc) is 3.28. The number of rotatable bonds is 5. The number of pyridine rings is 1. The Hall–Kier alpha value is -4.58. The van der Waals surface area contributed by atoms with Gasteiger partial charge in [-0.1, -0.05) is 42.5 Å². The van der Waals surface area contributed by atoms with Crippen LogP contribution in [-0.4, -0.2) is 24.9 Å². The van der Waals surface area contributed by atoms with Crippen molar-refractivity contribution in [2.24, 2.45) is 0 Å². The minimum absolute atomic E-state index is 0.437. The normalized spacial score (nSPS) is 11.2. The minimum Gasteiger partial charge on any atom is -0.437 e. The Labute approximate surface area is 190 Å². The number of benzene rings is 3. The molecule has 0 saturated carbocycles. The van der Waals surface area contributed by atoms with Crippen LogP contribution in [0.1, 0.15) is 11.4 Å². The summed E-state index contributed by atoms with van der Waals surface area (Å²) in [5, 5.41) is 0.996. The van der Waals surface area contributed by atoms with E-state index >= 15 is 0 Å². The first-order valence-electron chi connectivity index (χ1n) is 10.5. The van der Waals surface area contributed by atoms with Gasteiger partial charge >= 0.3 is 0 Å². The highest BCUT2D eigenvalue weighted by Crippen LogP contribution is 2.33. The van der Waals surface area contributed by atoms with E-state index in [-0.39, 0.29) is 0 Å². The van der Waals surface area contributed by atoms with Crippen LogP contribution in [0.5, 0.6) is 11.6 Å². The van der Waals surface area contributed by atoms with Gasteiger partial charge in [-0.15, -0.1) is 0 Å². The largest absolute Gasteiger partial charge is 0.437 e. The molecular weight excluding hydrogens is 410 g/mol. The second-order valence-corrected chi connectivity index (χ2v) is 7.44. The van der Waals surface area contributed by atoms with Crippen molar-refractivity contribution < 1.29 is 4.74 Å². The molecule has 0 spiro atoms. The number of hydrogen-bond donors (Lipinski definition) is 1. The third kappa shape index (κ3) is 3.78. The van der Waals surface area contributed by atoms with Crippen LogP contribution < -0.4 is 4.74 Å². The van der Waals surface area contributed by atoms with Crippen LogP contribution in [-0.2, 0) is 0 Å². The molecule has 6 heteroatoms. The van der Waals surface area contributed by atoms with Gasteiger partial charge in [0, 0.05) is 29.5 Å². The molecule has 3 aromatic carbocycles. The van der Waals surface area contributed by atoms with Gasteiger partial charge in [0.1, 0.15) is 17.3 Å². The van der Waals surface area contributed by atoms with Crippen molar-refractivity contribution >= 4 is 21.9 Å². The molecule has 0 saturated heterocycles. The van der Waals surface area contributed by atoms with E-state index in [1.54, 1.807) is 18.6 Å². The summed E-state index contributed by atoms with van der Waals surface area (Å²) in [7, 11) is 0. The van der Waals surface area contributed by atoms with Gasteiger partial charge in [-0.2, -0.15) is 0 Å². The maximum Gasteiger partial charge on any atom is 0.246 e. The van der Waals surface area contributed by atoms with Crippen LogP contribution in [0.4, 0.5) is 0 Å². The standard InChI is InChI=1S/C27H17N5O/c1-2-8-24-23(7-1)31-25(32-24)17-18-10-12-19(13-11-18)33-27-26(29-15-16-30-27)21-5-3-9-22-20(21)6-4-14-28-22/h1-16H,(H,31,32). The molecule has 3 aromatic heterocycles. The average molecular weight is 427 g/mol. The van der Waals surface area contributed by atoms with Gasteiger partial charge in [-0.3, -0.25) is 4.98 Å². The predicted octanol–water partition coefficient (Wildman–Crippen LogP) is 5.84. The Morgan fingerprint density at radius 2 is 1.55 bits per heavy atom. The number of fused-ring (bicyclic) bond motifs is 2. The zero-order valence-electron chi connectivity index (χ0n) is 17.4. The molecule has 6 aromatic rings. The van der Waals surface area contributed by atoms with E-state index in [1.165, 1.54) is 0 Å². The maximum absolute atomic E-state index is 6.12. The molecule has 6 rings (SSSR count). The van der Waals surface area contributed by atoms with Gasteiger partial charge in [-0.25, -0.2) is 15.0 Å². The highest BCUT2D eigenvalue weighted by atomic mass is 16.5. The molecule has 0 aliphatic heterocycles. The molecule has 0 aliphatic rings. The third-order valence-corrected chi connectivity index (χ3v) is 5.29. The first kappa shape index (κ1) is 19.1. The minimum atomic E-state index is 0.437. The molecule has 6 nitrogen and oxygen atoms in total. The SMILES string of the molecule is [C](c1ccc(Oc2nccnc2-c2cccc3ncccc23)cc1)c1nc2ccccc2[nH]1. The zero-order chi connectivity index (χ0) is 22.0. The molecule has 33 heavy (non-hydrogen) atoms. The lowest BCUT2D eigenvalue weighted by Crippen LogP contribution is -1.95. The Morgan fingerprint density at radius 1 is 0.697 bits per heavy atom. The number of H-pyrrole nitrogens is 1. The summed E-state index contributed by atoms with van der Waals surface area (Å²) in [6.07, 6.45) is 8.35. The maximum atomic E-state index is 6.12. The van der Waals surface area contributed by atoms with Crippen LogP contribution in [0.25, 0.3) is 33.2 Å². The van der Waals surface area contributed by atoms with Gasteiger partial charge in [0.05, 0.1) is 23.0 Å². The van der Waals surface area contributed by atoms with Crippen LogP contribution in [0.2, 0.25) is 0 Å². The predicted molar refractivity (Wildman–Crippen MR) is 127 cm³/mol. The van der Waals surface area contributed by atoms with Crippen molar-refractivity contribution in [2.75, 3.05) is 0 Å². The van der Waals surface area contributed by atoms with E-state index in [0.717, 1.165) is 33.1 Å². The second-order valence-electron chi connectivity index (χ2n) is 7.44. The molecule has 0 fully saturated rings. The molecule has 0 amide bonds. The Balaban J connectivity index is 1.27. The summed E-state index contributed by atoms with van der Waals surface area (Å²) >= 11 is 0. The summed E-state index contributed by atoms with van der Waals surface area (Å²) in [4.78, 5) is 21.2. The van der Waals surface area contributed by atoms with Crippen molar-refractivity contribution in [1.82, 2.24) is 24.9 Å². The lowest BCUT2D eigenvalue weighted by molar-refractivity contribution is 0.462. The second kappa shape index (κ2) is 8.16. The molecule has 0 unspecified atom stereocenters. The number of hydrogen-bond acceptors (Lipinski definition) is 5. The molecule has 2 radical (unpaired) electrons. The van der Waals surface area contributed by atoms with Crippen LogP contribution in [0.15, 0.2) is 97.5 Å². The zero-order valence-corrected chi connectivity index (χ0v) is 17.4. The van der Waals surface area contributed by atoms with E-state index in [0.29, 0.717) is 23.1 Å². The molecule has 0 aliphatic carbocycles. The Kier molecular flexibility index (Phi) is 4.73.